The minimum Gasteiger partial charge on any atom is -0.389 e. The van der Waals surface area contributed by atoms with Crippen LogP contribution in [0.15, 0.2) is 24.3 Å². The second-order valence-electron chi connectivity index (χ2n) is 3.68. The van der Waals surface area contributed by atoms with E-state index in [-0.39, 0.29) is 5.91 Å². The van der Waals surface area contributed by atoms with Crippen LogP contribution in [0, 0.1) is 0 Å². The van der Waals surface area contributed by atoms with Crippen LogP contribution in [0.4, 0.5) is 11.4 Å². The molecular weight excluding hydrogens is 192 g/mol. The van der Waals surface area contributed by atoms with E-state index in [0.29, 0.717) is 13.1 Å². The molecule has 0 saturated carbocycles. The Balaban J connectivity index is 2.41. The van der Waals surface area contributed by atoms with Gasteiger partial charge in [-0.15, -0.1) is 0 Å². The Hall–Kier alpha value is -1.55. The summed E-state index contributed by atoms with van der Waals surface area (Å²) in [6.45, 7) is 2.33. The lowest BCUT2D eigenvalue weighted by molar-refractivity contribution is -0.116. The van der Waals surface area contributed by atoms with E-state index in [1.54, 1.807) is 4.90 Å². The average Bonchev–Trinajstić information content (AvgIpc) is 2.39. The van der Waals surface area contributed by atoms with Gasteiger partial charge >= 0.3 is 0 Å². The number of carbonyl (C=O) groups is 1. The molecule has 4 heteroatoms. The summed E-state index contributed by atoms with van der Waals surface area (Å²) in [4.78, 5) is 13.0. The van der Waals surface area contributed by atoms with E-state index in [2.05, 4.69) is 5.32 Å². The van der Waals surface area contributed by atoms with E-state index in [4.69, 9.17) is 0 Å². The number of nitrogens with zero attached hydrogens (tertiary/aromatic N) is 1. The van der Waals surface area contributed by atoms with Gasteiger partial charge in [0.15, 0.2) is 0 Å². The monoisotopic (exact) mass is 206 g/mol. The van der Waals surface area contributed by atoms with E-state index in [0.717, 1.165) is 11.4 Å². The number of amides is 1. The van der Waals surface area contributed by atoms with Crippen molar-refractivity contribution in [2.45, 2.75) is 13.0 Å². The van der Waals surface area contributed by atoms with Crippen LogP contribution in [-0.2, 0) is 4.79 Å². The number of β-amino-alcohol motifs (C(OH)–C–C–N with tert-alkyl or cyclic N) is 1. The third-order valence-electron chi connectivity index (χ3n) is 2.50. The van der Waals surface area contributed by atoms with Crippen molar-refractivity contribution in [3.05, 3.63) is 24.3 Å². The molecule has 0 spiro atoms. The van der Waals surface area contributed by atoms with Crippen molar-refractivity contribution in [1.82, 2.24) is 0 Å². The molecule has 0 bridgehead atoms. The molecule has 1 heterocycles. The first-order valence-corrected chi connectivity index (χ1v) is 4.97. The molecule has 4 nitrogen and oxygen atoms in total. The zero-order valence-electron chi connectivity index (χ0n) is 8.60. The van der Waals surface area contributed by atoms with Crippen LogP contribution in [0.3, 0.4) is 0 Å². The molecule has 1 aromatic rings. The van der Waals surface area contributed by atoms with Crippen LogP contribution >= 0.6 is 0 Å². The highest BCUT2D eigenvalue weighted by molar-refractivity contribution is 5.95. The van der Waals surface area contributed by atoms with Gasteiger partial charge in [-0.1, -0.05) is 12.1 Å². The molecule has 2 rings (SSSR count). The minimum atomic E-state index is -0.527. The largest absolute Gasteiger partial charge is 0.389 e. The fourth-order valence-electron chi connectivity index (χ4n) is 1.76. The van der Waals surface area contributed by atoms with Crippen LogP contribution in [0.1, 0.15) is 6.92 Å². The molecule has 1 amide bonds. The number of anilines is 2. The number of nitrogens with one attached hydrogen (secondary N) is 1. The standard InChI is InChI=1S/C11H14N2O2/c1-8(14)13-7-9(15)6-12-10-4-2-3-5-11(10)13/h2-5,9,12,15H,6-7H2,1H3. The summed E-state index contributed by atoms with van der Waals surface area (Å²) in [6.07, 6.45) is -0.527. The molecule has 0 radical (unpaired) electrons. The number of hydrogen-bond acceptors (Lipinski definition) is 3. The van der Waals surface area contributed by atoms with Crippen LogP contribution in [0.2, 0.25) is 0 Å². The molecule has 1 atom stereocenters. The molecule has 15 heavy (non-hydrogen) atoms. The van der Waals surface area contributed by atoms with Gasteiger partial charge in [-0.05, 0) is 12.1 Å². The van der Waals surface area contributed by atoms with Gasteiger partial charge < -0.3 is 15.3 Å². The Morgan fingerprint density at radius 3 is 3.00 bits per heavy atom. The smallest absolute Gasteiger partial charge is 0.224 e. The van der Waals surface area contributed by atoms with Crippen LogP contribution in [0.25, 0.3) is 0 Å². The van der Waals surface area contributed by atoms with Gasteiger partial charge in [-0.2, -0.15) is 0 Å². The normalized spacial score (nSPS) is 20.1. The van der Waals surface area contributed by atoms with Crippen LogP contribution in [-0.4, -0.2) is 30.2 Å². The van der Waals surface area contributed by atoms with Crippen LogP contribution < -0.4 is 10.2 Å². The van der Waals surface area contributed by atoms with Crippen LogP contribution in [0.5, 0.6) is 0 Å². The first kappa shape index (κ1) is 9.98. The van der Waals surface area contributed by atoms with Crippen molar-refractivity contribution < 1.29 is 9.90 Å². The lowest BCUT2D eigenvalue weighted by atomic mass is 10.2. The summed E-state index contributed by atoms with van der Waals surface area (Å²) in [5.74, 6) is -0.0507. The fourth-order valence-corrected chi connectivity index (χ4v) is 1.76. The number of para-hydroxylation sites is 2. The lowest BCUT2D eigenvalue weighted by Crippen LogP contribution is -2.36. The SMILES string of the molecule is CC(=O)N1CC(O)CNc2ccccc21. The van der Waals surface area contributed by atoms with Gasteiger partial charge in [0.05, 0.1) is 24.0 Å². The van der Waals surface area contributed by atoms with Crippen molar-refractivity contribution in [2.75, 3.05) is 23.3 Å². The molecule has 1 aliphatic rings. The molecule has 0 aliphatic carbocycles. The average molecular weight is 206 g/mol. The van der Waals surface area contributed by atoms with Gasteiger partial charge in [0.2, 0.25) is 5.91 Å². The quantitative estimate of drug-likeness (QED) is 0.661. The van der Waals surface area contributed by atoms with Gasteiger partial charge in [0, 0.05) is 13.5 Å². The summed E-state index contributed by atoms with van der Waals surface area (Å²) in [5, 5.41) is 12.7. The van der Waals surface area contributed by atoms with E-state index < -0.39 is 6.10 Å². The zero-order valence-corrected chi connectivity index (χ0v) is 8.60. The number of hydrogen-bond donors (Lipinski definition) is 2. The molecule has 1 aromatic carbocycles. The first-order valence-electron chi connectivity index (χ1n) is 4.97. The molecule has 0 aromatic heterocycles. The predicted molar refractivity (Wildman–Crippen MR) is 59.0 cm³/mol. The molecule has 80 valence electrons. The van der Waals surface area contributed by atoms with E-state index in [1.165, 1.54) is 6.92 Å². The Kier molecular flexibility index (Phi) is 2.60. The summed E-state index contributed by atoms with van der Waals surface area (Å²) < 4.78 is 0. The number of aliphatic hydroxyl groups excluding tert-OH is 1. The summed E-state index contributed by atoms with van der Waals surface area (Å²) in [5.41, 5.74) is 1.73. The van der Waals surface area contributed by atoms with E-state index in [9.17, 15) is 9.90 Å². The zero-order chi connectivity index (χ0) is 10.8. The maximum absolute atomic E-state index is 11.4. The summed E-state index contributed by atoms with van der Waals surface area (Å²) >= 11 is 0. The van der Waals surface area contributed by atoms with Crippen molar-refractivity contribution in [1.29, 1.82) is 0 Å². The number of carbonyl (C=O) groups excluding carboxylic acids is 1. The lowest BCUT2D eigenvalue weighted by Gasteiger charge is -2.21. The summed E-state index contributed by atoms with van der Waals surface area (Å²) in [6, 6.07) is 7.57. The fraction of sp³-hybridized carbons (Fsp3) is 0.364. The Morgan fingerprint density at radius 2 is 2.27 bits per heavy atom. The molecule has 1 unspecified atom stereocenters. The first-order chi connectivity index (χ1) is 7.18. The summed E-state index contributed by atoms with van der Waals surface area (Å²) in [7, 11) is 0. The highest BCUT2D eigenvalue weighted by atomic mass is 16.3. The Labute approximate surface area is 88.5 Å². The van der Waals surface area contributed by atoms with Crippen molar-refractivity contribution in [3.8, 4) is 0 Å². The highest BCUT2D eigenvalue weighted by Gasteiger charge is 2.22. The number of fused-ring (bicyclic) bond motifs is 1. The van der Waals surface area contributed by atoms with E-state index >= 15 is 0 Å². The van der Waals surface area contributed by atoms with Crippen molar-refractivity contribution in [2.24, 2.45) is 0 Å². The third kappa shape index (κ3) is 1.94. The second-order valence-corrected chi connectivity index (χ2v) is 3.68. The molecule has 2 N–H and O–H groups in total. The van der Waals surface area contributed by atoms with Gasteiger partial charge in [-0.3, -0.25) is 4.79 Å². The third-order valence-corrected chi connectivity index (χ3v) is 2.50. The number of benzene rings is 1. The van der Waals surface area contributed by atoms with Gasteiger partial charge in [-0.25, -0.2) is 0 Å². The Morgan fingerprint density at radius 1 is 1.53 bits per heavy atom. The van der Waals surface area contributed by atoms with Gasteiger partial charge in [0.25, 0.3) is 0 Å². The van der Waals surface area contributed by atoms with Gasteiger partial charge in [0.1, 0.15) is 0 Å². The number of aliphatic hydroxyl groups is 1. The molecule has 0 fully saturated rings. The topological polar surface area (TPSA) is 52.6 Å². The molecular formula is C11H14N2O2. The molecule has 1 aliphatic heterocycles. The van der Waals surface area contributed by atoms with Crippen molar-refractivity contribution in [3.63, 3.8) is 0 Å². The molecule has 0 saturated heterocycles. The number of rotatable bonds is 0. The Bertz CT molecular complexity index is 379. The second kappa shape index (κ2) is 3.90. The highest BCUT2D eigenvalue weighted by Crippen LogP contribution is 2.27. The minimum absolute atomic E-state index is 0.0507. The van der Waals surface area contributed by atoms with Crippen molar-refractivity contribution >= 4 is 17.3 Å². The maximum atomic E-state index is 11.4. The maximum Gasteiger partial charge on any atom is 0.224 e. The van der Waals surface area contributed by atoms with E-state index in [1.807, 2.05) is 24.3 Å². The predicted octanol–water partition coefficient (Wildman–Crippen LogP) is 0.826.